The van der Waals surface area contributed by atoms with Gasteiger partial charge in [-0.05, 0) is 75.4 Å². The average Bonchev–Trinajstić information content (AvgIpc) is 2.71. The molecule has 2 N–H and O–H groups in total. The molecule has 1 amide bonds. The quantitative estimate of drug-likeness (QED) is 0.584. The molecule has 3 rings (SSSR count). The van der Waals surface area contributed by atoms with Gasteiger partial charge in [0.25, 0.3) is 5.91 Å². The number of carbonyl (C=O) groups excluding carboxylic acids is 1. The van der Waals surface area contributed by atoms with Gasteiger partial charge in [0, 0.05) is 17.1 Å². The molecule has 0 atom stereocenters. The number of hydrogen-bond donors (Lipinski definition) is 2. The minimum atomic E-state index is -0.311. The second-order valence-electron chi connectivity index (χ2n) is 6.21. The number of ether oxygens (including phenoxy) is 2. The van der Waals surface area contributed by atoms with Gasteiger partial charge < -0.3 is 20.1 Å². The van der Waals surface area contributed by atoms with Gasteiger partial charge in [-0.2, -0.15) is 0 Å². The molecule has 1 aromatic heterocycles. The molecule has 150 valence electrons. The molecule has 0 unspecified atom stereocenters. The van der Waals surface area contributed by atoms with E-state index in [1.165, 1.54) is 0 Å². The number of nitrogens with one attached hydrogen (secondary N) is 2. The van der Waals surface area contributed by atoms with Crippen LogP contribution in [0.25, 0.3) is 0 Å². The Bertz CT molecular complexity index is 957. The summed E-state index contributed by atoms with van der Waals surface area (Å²) < 4.78 is 10.8. The summed E-state index contributed by atoms with van der Waals surface area (Å²) in [6.45, 7) is 6.88. The summed E-state index contributed by atoms with van der Waals surface area (Å²) in [4.78, 5) is 21.3. The largest absolute Gasteiger partial charge is 0.494 e. The van der Waals surface area contributed by atoms with E-state index in [4.69, 9.17) is 9.47 Å². The number of rotatable bonds is 8. The Hall–Kier alpha value is -3.61. The number of amides is 1. The monoisotopic (exact) mass is 392 g/mol. The Labute approximate surface area is 170 Å². The summed E-state index contributed by atoms with van der Waals surface area (Å²) in [5, 5.41) is 5.96. The predicted octanol–water partition coefficient (Wildman–Crippen LogP) is 4.58. The van der Waals surface area contributed by atoms with E-state index in [1.54, 1.807) is 18.2 Å². The minimum absolute atomic E-state index is 0.278. The van der Waals surface area contributed by atoms with Crippen molar-refractivity contribution in [1.82, 2.24) is 9.97 Å². The molecule has 0 aliphatic heterocycles. The van der Waals surface area contributed by atoms with Gasteiger partial charge >= 0.3 is 0 Å². The molecule has 0 saturated heterocycles. The Balaban J connectivity index is 1.71. The van der Waals surface area contributed by atoms with E-state index in [0.717, 1.165) is 17.2 Å². The van der Waals surface area contributed by atoms with Crippen molar-refractivity contribution < 1.29 is 14.3 Å². The van der Waals surface area contributed by atoms with Crippen molar-refractivity contribution in [2.75, 3.05) is 23.8 Å². The zero-order valence-corrected chi connectivity index (χ0v) is 16.7. The van der Waals surface area contributed by atoms with Crippen molar-refractivity contribution >= 4 is 23.2 Å². The molecule has 2 aromatic carbocycles. The van der Waals surface area contributed by atoms with Gasteiger partial charge in [0.15, 0.2) is 0 Å². The average molecular weight is 392 g/mol. The number of aryl methyl sites for hydroxylation is 1. The molecule has 7 heteroatoms. The van der Waals surface area contributed by atoms with Crippen LogP contribution in [0.1, 0.15) is 30.0 Å². The van der Waals surface area contributed by atoms with Crippen LogP contribution in [-0.2, 0) is 0 Å². The summed E-state index contributed by atoms with van der Waals surface area (Å²) in [6.07, 6.45) is 0. The van der Waals surface area contributed by atoms with E-state index >= 15 is 0 Å². The molecule has 0 aliphatic carbocycles. The zero-order chi connectivity index (χ0) is 20.6. The van der Waals surface area contributed by atoms with Crippen molar-refractivity contribution in [3.63, 3.8) is 0 Å². The fraction of sp³-hybridized carbons (Fsp3) is 0.227. The van der Waals surface area contributed by atoms with Crippen LogP contribution in [0, 0.1) is 6.92 Å². The number of hydrogen-bond acceptors (Lipinski definition) is 6. The van der Waals surface area contributed by atoms with Gasteiger partial charge in [-0.1, -0.05) is 0 Å². The first kappa shape index (κ1) is 20.1. The molecule has 0 aliphatic rings. The van der Waals surface area contributed by atoms with E-state index in [0.29, 0.717) is 30.5 Å². The summed E-state index contributed by atoms with van der Waals surface area (Å²) in [6, 6.07) is 16.3. The van der Waals surface area contributed by atoms with Crippen LogP contribution in [0.3, 0.4) is 0 Å². The second kappa shape index (κ2) is 9.54. The molecule has 0 radical (unpaired) electrons. The van der Waals surface area contributed by atoms with E-state index in [-0.39, 0.29) is 11.6 Å². The first-order chi connectivity index (χ1) is 14.1. The van der Waals surface area contributed by atoms with Crippen LogP contribution >= 0.6 is 0 Å². The fourth-order valence-electron chi connectivity index (χ4n) is 2.67. The fourth-order valence-corrected chi connectivity index (χ4v) is 2.67. The number of carbonyl (C=O) groups is 1. The third kappa shape index (κ3) is 5.68. The third-order valence-electron chi connectivity index (χ3n) is 3.93. The van der Waals surface area contributed by atoms with Crippen molar-refractivity contribution in [3.05, 3.63) is 66.0 Å². The van der Waals surface area contributed by atoms with Gasteiger partial charge in [-0.15, -0.1) is 0 Å². The lowest BCUT2D eigenvalue weighted by Crippen LogP contribution is -2.15. The van der Waals surface area contributed by atoms with Crippen LogP contribution in [0.5, 0.6) is 11.5 Å². The first-order valence-electron chi connectivity index (χ1n) is 9.47. The SMILES string of the molecule is CCOc1ccc(NC(=O)c2cc(C)nc(Nc3ccc(OCC)cc3)n2)cc1. The summed E-state index contributed by atoms with van der Waals surface area (Å²) >= 11 is 0. The van der Waals surface area contributed by atoms with Crippen LogP contribution in [0.15, 0.2) is 54.6 Å². The number of aromatic nitrogens is 2. The molecule has 0 spiro atoms. The maximum absolute atomic E-state index is 12.6. The highest BCUT2D eigenvalue weighted by molar-refractivity contribution is 6.03. The summed E-state index contributed by atoms with van der Waals surface area (Å²) in [5.74, 6) is 1.59. The van der Waals surface area contributed by atoms with E-state index in [9.17, 15) is 4.79 Å². The van der Waals surface area contributed by atoms with Gasteiger partial charge in [0.1, 0.15) is 17.2 Å². The molecule has 29 heavy (non-hydrogen) atoms. The highest BCUT2D eigenvalue weighted by Gasteiger charge is 2.11. The highest BCUT2D eigenvalue weighted by Crippen LogP contribution is 2.20. The molecule has 1 heterocycles. The number of anilines is 3. The molecule has 0 saturated carbocycles. The molecular weight excluding hydrogens is 368 g/mol. The van der Waals surface area contributed by atoms with Crippen molar-refractivity contribution in [2.24, 2.45) is 0 Å². The highest BCUT2D eigenvalue weighted by atomic mass is 16.5. The second-order valence-corrected chi connectivity index (χ2v) is 6.21. The van der Waals surface area contributed by atoms with Crippen LogP contribution in [-0.4, -0.2) is 29.1 Å². The Morgan fingerprint density at radius 1 is 0.862 bits per heavy atom. The van der Waals surface area contributed by atoms with Gasteiger partial charge in [0.05, 0.1) is 13.2 Å². The van der Waals surface area contributed by atoms with Crippen LogP contribution < -0.4 is 20.1 Å². The standard InChI is InChI=1S/C22H24N4O3/c1-4-28-18-10-6-16(7-11-18)24-21(27)20-14-15(3)23-22(26-20)25-17-8-12-19(13-9-17)29-5-2/h6-14H,4-5H2,1-3H3,(H,24,27)(H,23,25,26). The van der Waals surface area contributed by atoms with Gasteiger partial charge in [-0.3, -0.25) is 4.79 Å². The van der Waals surface area contributed by atoms with Gasteiger partial charge in [-0.25, -0.2) is 9.97 Å². The van der Waals surface area contributed by atoms with E-state index in [1.807, 2.05) is 57.2 Å². The molecule has 0 bridgehead atoms. The lowest BCUT2D eigenvalue weighted by molar-refractivity contribution is 0.102. The summed E-state index contributed by atoms with van der Waals surface area (Å²) in [5.41, 5.74) is 2.43. The van der Waals surface area contributed by atoms with E-state index in [2.05, 4.69) is 20.6 Å². The third-order valence-corrected chi connectivity index (χ3v) is 3.93. The van der Waals surface area contributed by atoms with Crippen LogP contribution in [0.2, 0.25) is 0 Å². The maximum atomic E-state index is 12.6. The molecule has 3 aromatic rings. The Kier molecular flexibility index (Phi) is 6.63. The first-order valence-corrected chi connectivity index (χ1v) is 9.47. The number of benzene rings is 2. The van der Waals surface area contributed by atoms with Crippen molar-refractivity contribution in [1.29, 1.82) is 0 Å². The lowest BCUT2D eigenvalue weighted by atomic mass is 10.2. The molecule has 0 fully saturated rings. The Morgan fingerprint density at radius 2 is 1.41 bits per heavy atom. The van der Waals surface area contributed by atoms with Crippen molar-refractivity contribution in [2.45, 2.75) is 20.8 Å². The van der Waals surface area contributed by atoms with Crippen LogP contribution in [0.4, 0.5) is 17.3 Å². The van der Waals surface area contributed by atoms with Crippen molar-refractivity contribution in [3.8, 4) is 11.5 Å². The lowest BCUT2D eigenvalue weighted by Gasteiger charge is -2.10. The topological polar surface area (TPSA) is 85.4 Å². The normalized spacial score (nSPS) is 10.3. The molecular formula is C22H24N4O3. The van der Waals surface area contributed by atoms with Gasteiger partial charge in [0.2, 0.25) is 5.95 Å². The Morgan fingerprint density at radius 3 is 1.97 bits per heavy atom. The summed E-state index contributed by atoms with van der Waals surface area (Å²) in [7, 11) is 0. The predicted molar refractivity (Wildman–Crippen MR) is 113 cm³/mol. The maximum Gasteiger partial charge on any atom is 0.274 e. The van der Waals surface area contributed by atoms with E-state index < -0.39 is 0 Å². The zero-order valence-electron chi connectivity index (χ0n) is 16.7. The number of nitrogens with zero attached hydrogens (tertiary/aromatic N) is 2. The minimum Gasteiger partial charge on any atom is -0.494 e. The smallest absolute Gasteiger partial charge is 0.274 e. The molecule has 7 nitrogen and oxygen atoms in total.